The van der Waals surface area contributed by atoms with Gasteiger partial charge in [0, 0.05) is 25.7 Å². The summed E-state index contributed by atoms with van der Waals surface area (Å²) in [7, 11) is -2.38. The van der Waals surface area contributed by atoms with Crippen LogP contribution in [0.25, 0.3) is 0 Å². The third kappa shape index (κ3) is 3.76. The maximum Gasteiger partial charge on any atom is 0.269 e. The van der Waals surface area contributed by atoms with E-state index in [-0.39, 0.29) is 22.7 Å². The third-order valence-electron chi connectivity index (χ3n) is 3.53. The van der Waals surface area contributed by atoms with Gasteiger partial charge in [-0.05, 0) is 24.1 Å². The fourth-order valence-electron chi connectivity index (χ4n) is 2.18. The van der Waals surface area contributed by atoms with Gasteiger partial charge in [-0.15, -0.1) is 0 Å². The summed E-state index contributed by atoms with van der Waals surface area (Å²) in [5, 5.41) is 19.8. The van der Waals surface area contributed by atoms with Gasteiger partial charge in [-0.25, -0.2) is 12.7 Å². The second kappa shape index (κ2) is 7.21. The molecule has 2 aromatic rings. The van der Waals surface area contributed by atoms with E-state index in [1.54, 1.807) is 24.3 Å². The van der Waals surface area contributed by atoms with Crippen LogP contribution < -0.4 is 0 Å². The first-order valence-electron chi connectivity index (χ1n) is 7.05. The minimum Gasteiger partial charge on any atom is -0.258 e. The topological polar surface area (TPSA) is 104 Å². The van der Waals surface area contributed by atoms with E-state index >= 15 is 0 Å². The van der Waals surface area contributed by atoms with Crippen molar-refractivity contribution >= 4 is 15.7 Å². The Morgan fingerprint density at radius 3 is 2.58 bits per heavy atom. The Bertz CT molecular complexity index is 904. The number of hydrogen-bond donors (Lipinski definition) is 0. The molecule has 0 unspecified atom stereocenters. The highest BCUT2D eigenvalue weighted by Crippen LogP contribution is 2.19. The van der Waals surface area contributed by atoms with E-state index in [0.717, 1.165) is 4.31 Å². The van der Waals surface area contributed by atoms with Crippen LogP contribution in [0, 0.1) is 21.4 Å². The van der Waals surface area contributed by atoms with Crippen LogP contribution in [-0.2, 0) is 16.4 Å². The van der Waals surface area contributed by atoms with E-state index < -0.39 is 14.9 Å². The lowest BCUT2D eigenvalue weighted by atomic mass is 10.1. The van der Waals surface area contributed by atoms with Gasteiger partial charge in [0.05, 0.1) is 15.4 Å². The molecule has 2 rings (SSSR count). The largest absolute Gasteiger partial charge is 0.269 e. The van der Waals surface area contributed by atoms with Crippen molar-refractivity contribution in [2.45, 2.75) is 11.3 Å². The minimum atomic E-state index is -3.80. The van der Waals surface area contributed by atoms with E-state index in [1.807, 2.05) is 6.07 Å². The summed E-state index contributed by atoms with van der Waals surface area (Å²) in [5.41, 5.74) is 0.715. The molecular weight excluding hydrogens is 330 g/mol. The van der Waals surface area contributed by atoms with Crippen LogP contribution in [0.4, 0.5) is 5.69 Å². The summed E-state index contributed by atoms with van der Waals surface area (Å²) in [5.74, 6) is 0. The molecule has 8 heteroatoms. The molecule has 0 aliphatic heterocycles. The van der Waals surface area contributed by atoms with Gasteiger partial charge >= 0.3 is 0 Å². The van der Waals surface area contributed by atoms with Crippen LogP contribution >= 0.6 is 0 Å². The molecule has 0 aliphatic rings. The van der Waals surface area contributed by atoms with Crippen molar-refractivity contribution in [1.29, 1.82) is 5.26 Å². The first-order valence-corrected chi connectivity index (χ1v) is 8.49. The van der Waals surface area contributed by atoms with E-state index in [4.69, 9.17) is 5.26 Å². The quantitative estimate of drug-likeness (QED) is 0.590. The van der Waals surface area contributed by atoms with Crippen LogP contribution in [0.15, 0.2) is 53.4 Å². The zero-order chi connectivity index (χ0) is 17.7. The molecule has 0 aromatic heterocycles. The smallest absolute Gasteiger partial charge is 0.258 e. The van der Waals surface area contributed by atoms with Crippen molar-refractivity contribution in [1.82, 2.24) is 4.31 Å². The molecule has 0 aliphatic carbocycles. The monoisotopic (exact) mass is 345 g/mol. The van der Waals surface area contributed by atoms with Crippen molar-refractivity contribution in [3.8, 4) is 6.07 Å². The second-order valence-corrected chi connectivity index (χ2v) is 7.12. The highest BCUT2D eigenvalue weighted by atomic mass is 32.2. The summed E-state index contributed by atoms with van der Waals surface area (Å²) in [6.45, 7) is 0.142. The molecule has 0 spiro atoms. The second-order valence-electron chi connectivity index (χ2n) is 5.11. The Kier molecular flexibility index (Phi) is 5.28. The van der Waals surface area contributed by atoms with E-state index in [9.17, 15) is 18.5 Å². The summed E-state index contributed by atoms with van der Waals surface area (Å²) in [6, 6.07) is 13.9. The number of nitro groups is 1. The van der Waals surface area contributed by atoms with Gasteiger partial charge in [0.1, 0.15) is 6.07 Å². The lowest BCUT2D eigenvalue weighted by molar-refractivity contribution is -0.384. The van der Waals surface area contributed by atoms with Crippen molar-refractivity contribution < 1.29 is 13.3 Å². The Balaban J connectivity index is 2.17. The number of hydrogen-bond acceptors (Lipinski definition) is 5. The number of sulfonamides is 1. The van der Waals surface area contributed by atoms with E-state index in [0.29, 0.717) is 12.0 Å². The predicted octanol–water partition coefficient (Wildman–Crippen LogP) is 2.33. The molecule has 0 heterocycles. The standard InChI is InChI=1S/C16H15N3O4S/c1-18(10-9-13-5-4-7-15(11-13)19(20)21)24(22,23)16-8-3-2-6-14(16)12-17/h2-8,11H,9-10H2,1H3. The molecule has 0 fully saturated rings. The van der Waals surface area contributed by atoms with Crippen molar-refractivity contribution in [3.05, 3.63) is 69.8 Å². The van der Waals surface area contributed by atoms with Gasteiger partial charge in [0.15, 0.2) is 0 Å². The van der Waals surface area contributed by atoms with Crippen LogP contribution in [0.5, 0.6) is 0 Å². The van der Waals surface area contributed by atoms with Crippen LogP contribution in [-0.4, -0.2) is 31.2 Å². The SMILES string of the molecule is CN(CCc1cccc([N+](=O)[O-])c1)S(=O)(=O)c1ccccc1C#N. The minimum absolute atomic E-state index is 0.0344. The number of nitriles is 1. The Morgan fingerprint density at radius 1 is 1.21 bits per heavy atom. The molecule has 7 nitrogen and oxygen atoms in total. The molecule has 0 atom stereocenters. The molecule has 2 aromatic carbocycles. The Morgan fingerprint density at radius 2 is 1.92 bits per heavy atom. The first kappa shape index (κ1) is 17.6. The lowest BCUT2D eigenvalue weighted by Crippen LogP contribution is -2.29. The highest BCUT2D eigenvalue weighted by molar-refractivity contribution is 7.89. The summed E-state index contributed by atoms with van der Waals surface area (Å²) in [6.07, 6.45) is 0.326. The highest BCUT2D eigenvalue weighted by Gasteiger charge is 2.23. The van der Waals surface area contributed by atoms with Gasteiger partial charge in [0.25, 0.3) is 5.69 Å². The maximum absolute atomic E-state index is 12.6. The van der Waals surface area contributed by atoms with Crippen LogP contribution in [0.1, 0.15) is 11.1 Å². The van der Waals surface area contributed by atoms with Crippen LogP contribution in [0.2, 0.25) is 0 Å². The van der Waals surface area contributed by atoms with Crippen molar-refractivity contribution in [2.24, 2.45) is 0 Å². The molecule has 24 heavy (non-hydrogen) atoms. The van der Waals surface area contributed by atoms with E-state index in [2.05, 4.69) is 0 Å². The Hall–Kier alpha value is -2.76. The third-order valence-corrected chi connectivity index (χ3v) is 5.45. The molecule has 0 saturated carbocycles. The van der Waals surface area contributed by atoms with E-state index in [1.165, 1.54) is 31.3 Å². The molecule has 0 radical (unpaired) electrons. The maximum atomic E-state index is 12.6. The van der Waals surface area contributed by atoms with Gasteiger partial charge < -0.3 is 0 Å². The van der Waals surface area contributed by atoms with Gasteiger partial charge in [0.2, 0.25) is 10.0 Å². The fourth-order valence-corrected chi connectivity index (χ4v) is 3.49. The fraction of sp³-hybridized carbons (Fsp3) is 0.188. The average molecular weight is 345 g/mol. The lowest BCUT2D eigenvalue weighted by Gasteiger charge is -2.17. The van der Waals surface area contributed by atoms with Gasteiger partial charge in [-0.1, -0.05) is 24.3 Å². The number of nitro benzene ring substituents is 1. The summed E-state index contributed by atoms with van der Waals surface area (Å²) >= 11 is 0. The molecule has 0 bridgehead atoms. The normalized spacial score (nSPS) is 11.2. The predicted molar refractivity (Wildman–Crippen MR) is 87.8 cm³/mol. The molecule has 124 valence electrons. The zero-order valence-corrected chi connectivity index (χ0v) is 13.7. The number of non-ortho nitro benzene ring substituents is 1. The number of rotatable bonds is 6. The molecule has 0 amide bonds. The summed E-state index contributed by atoms with van der Waals surface area (Å²) in [4.78, 5) is 10.2. The number of likely N-dealkylation sites (N-methyl/N-ethyl adjacent to an activating group) is 1. The summed E-state index contributed by atoms with van der Waals surface area (Å²) < 4.78 is 26.3. The number of nitrogens with zero attached hydrogens (tertiary/aromatic N) is 3. The average Bonchev–Trinajstić information content (AvgIpc) is 2.59. The number of benzene rings is 2. The van der Waals surface area contributed by atoms with Crippen LogP contribution in [0.3, 0.4) is 0 Å². The van der Waals surface area contributed by atoms with Gasteiger partial charge in [-0.3, -0.25) is 10.1 Å². The van der Waals surface area contributed by atoms with Gasteiger partial charge in [-0.2, -0.15) is 5.26 Å². The van der Waals surface area contributed by atoms with Crippen molar-refractivity contribution in [2.75, 3.05) is 13.6 Å². The zero-order valence-electron chi connectivity index (χ0n) is 12.9. The first-order chi connectivity index (χ1) is 11.4. The Labute approximate surface area is 140 Å². The molecular formula is C16H15N3O4S. The molecule has 0 N–H and O–H groups in total. The molecule has 0 saturated heterocycles. The van der Waals surface area contributed by atoms with Crippen molar-refractivity contribution in [3.63, 3.8) is 0 Å².